The van der Waals surface area contributed by atoms with Crippen LogP contribution in [0.1, 0.15) is 19.9 Å². The maximum Gasteiger partial charge on any atom is 0.293 e. The number of anilines is 1. The Morgan fingerprint density at radius 1 is 1.58 bits per heavy atom. The summed E-state index contributed by atoms with van der Waals surface area (Å²) in [4.78, 5) is 18.7. The lowest BCUT2D eigenvalue weighted by Crippen LogP contribution is -2.48. The molecular weight excluding hydrogens is 244 g/mol. The van der Waals surface area contributed by atoms with Gasteiger partial charge in [-0.25, -0.2) is 4.98 Å². The van der Waals surface area contributed by atoms with Crippen LogP contribution in [0.25, 0.3) is 0 Å². The lowest BCUT2D eigenvalue weighted by atomic mass is 10.2. The van der Waals surface area contributed by atoms with E-state index < -0.39 is 0 Å². The van der Waals surface area contributed by atoms with Gasteiger partial charge in [0, 0.05) is 38.1 Å². The molecule has 0 amide bonds. The van der Waals surface area contributed by atoms with E-state index in [4.69, 9.17) is 4.74 Å². The molecule has 0 bridgehead atoms. The predicted octanol–water partition coefficient (Wildman–Crippen LogP) is 0.249. The summed E-state index contributed by atoms with van der Waals surface area (Å²) in [7, 11) is 1.90. The normalized spacial score (nSPS) is 20.0. The maximum atomic E-state index is 12.4. The Labute approximate surface area is 113 Å². The molecular formula is C13H22N4O2. The number of hydrogen-bond acceptors (Lipinski definition) is 5. The number of nitrogens with zero attached hydrogens (tertiary/aromatic N) is 3. The molecule has 6 nitrogen and oxygen atoms in total. The van der Waals surface area contributed by atoms with Crippen LogP contribution in [0.4, 0.5) is 5.82 Å². The van der Waals surface area contributed by atoms with Crippen LogP contribution in [0.5, 0.6) is 0 Å². The van der Waals surface area contributed by atoms with Crippen molar-refractivity contribution in [3.63, 3.8) is 0 Å². The summed E-state index contributed by atoms with van der Waals surface area (Å²) < 4.78 is 7.36. The molecule has 1 saturated heterocycles. The van der Waals surface area contributed by atoms with Crippen molar-refractivity contribution in [2.75, 3.05) is 38.2 Å². The van der Waals surface area contributed by atoms with Crippen molar-refractivity contribution in [3.05, 3.63) is 22.7 Å². The second-order valence-corrected chi connectivity index (χ2v) is 5.05. The summed E-state index contributed by atoms with van der Waals surface area (Å²) in [6, 6.07) is 0.142. The topological polar surface area (TPSA) is 59.4 Å². The van der Waals surface area contributed by atoms with Crippen molar-refractivity contribution >= 4 is 5.82 Å². The first-order valence-electron chi connectivity index (χ1n) is 6.71. The standard InChI is InChI=1S/C13H22N4O2/c1-10(2)17-5-4-15-12(13(17)18)16-6-7-19-11(9-16)8-14-3/h4-5,10-11,14H,6-9H2,1-3H3. The average Bonchev–Trinajstić information content (AvgIpc) is 2.39. The summed E-state index contributed by atoms with van der Waals surface area (Å²) in [6.07, 6.45) is 3.54. The van der Waals surface area contributed by atoms with Crippen LogP contribution < -0.4 is 15.8 Å². The summed E-state index contributed by atoms with van der Waals surface area (Å²) in [5, 5.41) is 3.10. The van der Waals surface area contributed by atoms with Gasteiger partial charge in [-0.05, 0) is 20.9 Å². The lowest BCUT2D eigenvalue weighted by Gasteiger charge is -2.33. The van der Waals surface area contributed by atoms with Gasteiger partial charge in [-0.2, -0.15) is 0 Å². The molecule has 106 valence electrons. The Balaban J connectivity index is 2.22. The van der Waals surface area contributed by atoms with E-state index in [9.17, 15) is 4.79 Å². The lowest BCUT2D eigenvalue weighted by molar-refractivity contribution is 0.0418. The minimum atomic E-state index is -0.0254. The molecule has 1 aromatic rings. The molecule has 0 radical (unpaired) electrons. The largest absolute Gasteiger partial charge is 0.373 e. The molecule has 0 aromatic carbocycles. The quantitative estimate of drug-likeness (QED) is 0.846. The summed E-state index contributed by atoms with van der Waals surface area (Å²) >= 11 is 0. The second kappa shape index (κ2) is 6.16. The fourth-order valence-electron chi connectivity index (χ4n) is 2.30. The molecule has 2 heterocycles. The molecule has 0 aliphatic carbocycles. The van der Waals surface area contributed by atoms with Gasteiger partial charge < -0.3 is 19.5 Å². The third-order valence-electron chi connectivity index (χ3n) is 3.28. The van der Waals surface area contributed by atoms with Crippen LogP contribution >= 0.6 is 0 Å². The molecule has 0 saturated carbocycles. The Hall–Kier alpha value is -1.40. The SMILES string of the molecule is CNCC1CN(c2nccn(C(C)C)c2=O)CCO1. The predicted molar refractivity (Wildman–Crippen MR) is 74.8 cm³/mol. The van der Waals surface area contributed by atoms with Gasteiger partial charge in [0.05, 0.1) is 12.7 Å². The highest BCUT2D eigenvalue weighted by molar-refractivity contribution is 5.36. The molecule has 1 aromatic heterocycles. The smallest absolute Gasteiger partial charge is 0.293 e. The summed E-state index contributed by atoms with van der Waals surface area (Å²) in [5.41, 5.74) is -0.0254. The summed E-state index contributed by atoms with van der Waals surface area (Å²) in [5.74, 6) is 0.528. The highest BCUT2D eigenvalue weighted by Crippen LogP contribution is 2.11. The van der Waals surface area contributed by atoms with Crippen LogP contribution in [0.2, 0.25) is 0 Å². The Morgan fingerprint density at radius 3 is 3.05 bits per heavy atom. The first-order chi connectivity index (χ1) is 9.13. The maximum absolute atomic E-state index is 12.4. The van der Waals surface area contributed by atoms with Gasteiger partial charge in [0.15, 0.2) is 5.82 Å². The van der Waals surface area contributed by atoms with Gasteiger partial charge in [-0.1, -0.05) is 0 Å². The van der Waals surface area contributed by atoms with Gasteiger partial charge in [0.1, 0.15) is 0 Å². The monoisotopic (exact) mass is 266 g/mol. The zero-order chi connectivity index (χ0) is 13.8. The molecule has 1 unspecified atom stereocenters. The Kier molecular flexibility index (Phi) is 4.55. The van der Waals surface area contributed by atoms with Crippen molar-refractivity contribution in [1.82, 2.24) is 14.9 Å². The molecule has 1 atom stereocenters. The van der Waals surface area contributed by atoms with Gasteiger partial charge in [-0.3, -0.25) is 4.79 Å². The first-order valence-corrected chi connectivity index (χ1v) is 6.71. The first kappa shape index (κ1) is 14.0. The van der Waals surface area contributed by atoms with Crippen molar-refractivity contribution in [2.24, 2.45) is 0 Å². The molecule has 1 aliphatic heterocycles. The van der Waals surface area contributed by atoms with Gasteiger partial charge in [0.25, 0.3) is 5.56 Å². The number of morpholine rings is 1. The van der Waals surface area contributed by atoms with E-state index in [0.29, 0.717) is 25.5 Å². The molecule has 1 aliphatic rings. The number of rotatable bonds is 4. The number of hydrogen-bond donors (Lipinski definition) is 1. The van der Waals surface area contributed by atoms with Crippen molar-refractivity contribution in [3.8, 4) is 0 Å². The molecule has 1 fully saturated rings. The van der Waals surface area contributed by atoms with E-state index in [2.05, 4.69) is 10.3 Å². The van der Waals surface area contributed by atoms with Gasteiger partial charge in [0.2, 0.25) is 0 Å². The van der Waals surface area contributed by atoms with E-state index in [-0.39, 0.29) is 17.7 Å². The van der Waals surface area contributed by atoms with Crippen LogP contribution in [0, 0.1) is 0 Å². The zero-order valence-corrected chi connectivity index (χ0v) is 11.8. The van der Waals surface area contributed by atoms with Crippen LogP contribution in [0.15, 0.2) is 17.2 Å². The van der Waals surface area contributed by atoms with E-state index in [1.165, 1.54) is 0 Å². The molecule has 0 spiro atoms. The van der Waals surface area contributed by atoms with E-state index in [0.717, 1.165) is 6.54 Å². The third-order valence-corrected chi connectivity index (χ3v) is 3.28. The number of aromatic nitrogens is 2. The number of nitrogens with one attached hydrogen (secondary N) is 1. The van der Waals surface area contributed by atoms with Gasteiger partial charge >= 0.3 is 0 Å². The second-order valence-electron chi connectivity index (χ2n) is 5.05. The highest BCUT2D eigenvalue weighted by atomic mass is 16.5. The van der Waals surface area contributed by atoms with E-state index >= 15 is 0 Å². The Morgan fingerprint density at radius 2 is 2.37 bits per heavy atom. The van der Waals surface area contributed by atoms with Crippen molar-refractivity contribution in [1.29, 1.82) is 0 Å². The van der Waals surface area contributed by atoms with Crippen molar-refractivity contribution < 1.29 is 4.74 Å². The highest BCUT2D eigenvalue weighted by Gasteiger charge is 2.23. The zero-order valence-electron chi connectivity index (χ0n) is 11.8. The van der Waals surface area contributed by atoms with Crippen LogP contribution in [-0.4, -0.2) is 48.9 Å². The minimum absolute atomic E-state index is 0.0254. The fraction of sp³-hybridized carbons (Fsp3) is 0.692. The molecule has 6 heteroatoms. The van der Waals surface area contributed by atoms with Crippen molar-refractivity contribution in [2.45, 2.75) is 26.0 Å². The van der Waals surface area contributed by atoms with Gasteiger partial charge in [-0.15, -0.1) is 0 Å². The molecule has 2 rings (SSSR count). The summed E-state index contributed by atoms with van der Waals surface area (Å²) in [6.45, 7) is 6.81. The Bertz CT molecular complexity index is 470. The molecule has 1 N–H and O–H groups in total. The average molecular weight is 266 g/mol. The number of ether oxygens (including phenoxy) is 1. The fourth-order valence-corrected chi connectivity index (χ4v) is 2.30. The number of likely N-dealkylation sites (N-methyl/N-ethyl adjacent to an activating group) is 1. The van der Waals surface area contributed by atoms with E-state index in [1.54, 1.807) is 17.0 Å². The van der Waals surface area contributed by atoms with Crippen LogP contribution in [0.3, 0.4) is 0 Å². The van der Waals surface area contributed by atoms with Crippen LogP contribution in [-0.2, 0) is 4.74 Å². The third kappa shape index (κ3) is 3.13. The molecule has 19 heavy (non-hydrogen) atoms. The van der Waals surface area contributed by atoms with E-state index in [1.807, 2.05) is 25.8 Å². The minimum Gasteiger partial charge on any atom is -0.373 e.